The average Bonchev–Trinajstić information content (AvgIpc) is 2.77. The molecule has 0 aliphatic rings. The number of benzene rings is 1. The summed E-state index contributed by atoms with van der Waals surface area (Å²) in [6.45, 7) is 0. The summed E-state index contributed by atoms with van der Waals surface area (Å²) in [6, 6.07) is 9.52. The highest BCUT2D eigenvalue weighted by molar-refractivity contribution is 7.16. The highest BCUT2D eigenvalue weighted by atomic mass is 35.5. The van der Waals surface area contributed by atoms with Crippen molar-refractivity contribution in [2.45, 2.75) is 18.9 Å². The van der Waals surface area contributed by atoms with Crippen molar-refractivity contribution in [1.29, 1.82) is 0 Å². The van der Waals surface area contributed by atoms with E-state index in [1.807, 2.05) is 24.3 Å². The second kappa shape index (κ2) is 6.93. The molecule has 0 amide bonds. The fourth-order valence-electron chi connectivity index (χ4n) is 1.85. The summed E-state index contributed by atoms with van der Waals surface area (Å²) < 4.78 is 0.787. The van der Waals surface area contributed by atoms with Gasteiger partial charge in [-0.3, -0.25) is 11.3 Å². The van der Waals surface area contributed by atoms with Gasteiger partial charge < -0.3 is 0 Å². The van der Waals surface area contributed by atoms with E-state index in [9.17, 15) is 0 Å². The number of nitrogens with one attached hydrogen (secondary N) is 1. The highest BCUT2D eigenvalue weighted by Gasteiger charge is 2.12. The van der Waals surface area contributed by atoms with Gasteiger partial charge in [-0.25, -0.2) is 0 Å². The molecule has 0 radical (unpaired) electrons. The van der Waals surface area contributed by atoms with Gasteiger partial charge in [0.25, 0.3) is 0 Å². The summed E-state index contributed by atoms with van der Waals surface area (Å²) in [5.41, 5.74) is 3.85. The van der Waals surface area contributed by atoms with Crippen LogP contribution in [0.4, 0.5) is 0 Å². The number of thiophene rings is 1. The minimum atomic E-state index is 0.105. The Bertz CT molecular complexity index is 557. The summed E-state index contributed by atoms with van der Waals surface area (Å²) in [5.74, 6) is 5.61. The molecule has 2 rings (SSSR count). The normalized spacial score (nSPS) is 12.6. The molecule has 0 spiro atoms. The lowest BCUT2D eigenvalue weighted by Gasteiger charge is -2.16. The van der Waals surface area contributed by atoms with Crippen LogP contribution in [0.5, 0.6) is 0 Å². The third-order valence-corrected chi connectivity index (χ3v) is 4.63. The van der Waals surface area contributed by atoms with Gasteiger partial charge in [0, 0.05) is 21.0 Å². The second-order valence-electron chi connectivity index (χ2n) is 4.21. The quantitative estimate of drug-likeness (QED) is 0.630. The minimum absolute atomic E-state index is 0.105. The lowest BCUT2D eigenvalue weighted by molar-refractivity contribution is 0.526. The molecule has 2 nitrogen and oxygen atoms in total. The topological polar surface area (TPSA) is 38.0 Å². The SMILES string of the molecule is NNC(Cc1ccc(Cl)s1)Cc1ccc(Cl)cc1Cl. The van der Waals surface area contributed by atoms with Crippen molar-refractivity contribution >= 4 is 46.1 Å². The predicted molar refractivity (Wildman–Crippen MR) is 84.3 cm³/mol. The van der Waals surface area contributed by atoms with Gasteiger partial charge in [0.15, 0.2) is 0 Å². The van der Waals surface area contributed by atoms with Gasteiger partial charge in [-0.1, -0.05) is 40.9 Å². The molecule has 0 aliphatic heterocycles. The van der Waals surface area contributed by atoms with Crippen molar-refractivity contribution < 1.29 is 0 Å². The van der Waals surface area contributed by atoms with Crippen molar-refractivity contribution in [3.63, 3.8) is 0 Å². The smallest absolute Gasteiger partial charge is 0.0931 e. The monoisotopic (exact) mass is 334 g/mol. The molecule has 0 saturated carbocycles. The Morgan fingerprint density at radius 2 is 1.89 bits per heavy atom. The second-order valence-corrected chi connectivity index (χ2v) is 6.86. The molecule has 0 bridgehead atoms. The van der Waals surface area contributed by atoms with E-state index in [1.165, 1.54) is 4.88 Å². The summed E-state index contributed by atoms with van der Waals surface area (Å²) in [6.07, 6.45) is 1.55. The number of hydrazine groups is 1. The number of hydrogen-bond acceptors (Lipinski definition) is 3. The molecule has 1 unspecified atom stereocenters. The van der Waals surface area contributed by atoms with Crippen LogP contribution in [-0.2, 0) is 12.8 Å². The lowest BCUT2D eigenvalue weighted by Crippen LogP contribution is -2.38. The molecule has 0 saturated heterocycles. The van der Waals surface area contributed by atoms with Crippen LogP contribution in [0.3, 0.4) is 0 Å². The first-order valence-corrected chi connectivity index (χ1v) is 7.68. The first-order valence-electron chi connectivity index (χ1n) is 5.72. The van der Waals surface area contributed by atoms with Crippen LogP contribution in [0.15, 0.2) is 30.3 Å². The molecule has 1 heterocycles. The number of rotatable bonds is 5. The maximum absolute atomic E-state index is 6.17. The van der Waals surface area contributed by atoms with Crippen molar-refractivity contribution in [3.05, 3.63) is 55.2 Å². The molecular formula is C13H13Cl3N2S. The Labute approximate surface area is 131 Å². The number of halogens is 3. The van der Waals surface area contributed by atoms with Crippen molar-refractivity contribution in [1.82, 2.24) is 5.43 Å². The fraction of sp³-hybridized carbons (Fsp3) is 0.231. The molecule has 1 atom stereocenters. The Balaban J connectivity index is 2.06. The lowest BCUT2D eigenvalue weighted by atomic mass is 10.0. The molecule has 1 aromatic heterocycles. The zero-order valence-electron chi connectivity index (χ0n) is 10.00. The van der Waals surface area contributed by atoms with Gasteiger partial charge >= 0.3 is 0 Å². The van der Waals surface area contributed by atoms with Crippen LogP contribution in [0.1, 0.15) is 10.4 Å². The maximum Gasteiger partial charge on any atom is 0.0931 e. The molecule has 102 valence electrons. The zero-order valence-corrected chi connectivity index (χ0v) is 13.1. The van der Waals surface area contributed by atoms with E-state index in [-0.39, 0.29) is 6.04 Å². The third-order valence-electron chi connectivity index (χ3n) is 2.79. The maximum atomic E-state index is 6.17. The van der Waals surface area contributed by atoms with Gasteiger partial charge in [0.05, 0.1) is 4.34 Å². The summed E-state index contributed by atoms with van der Waals surface area (Å²) in [7, 11) is 0. The van der Waals surface area contributed by atoms with Gasteiger partial charge in [0.1, 0.15) is 0 Å². The van der Waals surface area contributed by atoms with Crippen LogP contribution in [0.2, 0.25) is 14.4 Å². The Kier molecular flexibility index (Phi) is 5.51. The van der Waals surface area contributed by atoms with Crippen LogP contribution in [-0.4, -0.2) is 6.04 Å². The summed E-state index contributed by atoms with van der Waals surface area (Å²) >= 11 is 19.5. The van der Waals surface area contributed by atoms with E-state index in [0.29, 0.717) is 10.0 Å². The third kappa shape index (κ3) is 4.35. The standard InChI is InChI=1S/C13H13Cl3N2S/c14-9-2-1-8(12(15)6-9)5-10(18-17)7-11-3-4-13(16)19-11/h1-4,6,10,18H,5,7,17H2. The molecule has 19 heavy (non-hydrogen) atoms. The minimum Gasteiger partial charge on any atom is -0.271 e. The first-order chi connectivity index (χ1) is 9.08. The largest absolute Gasteiger partial charge is 0.271 e. The molecule has 1 aromatic carbocycles. The Morgan fingerprint density at radius 1 is 1.11 bits per heavy atom. The van der Waals surface area contributed by atoms with E-state index in [0.717, 1.165) is 22.7 Å². The molecule has 6 heteroatoms. The Hall–Kier alpha value is -0.290. The summed E-state index contributed by atoms with van der Waals surface area (Å²) in [4.78, 5) is 1.19. The molecule has 0 aliphatic carbocycles. The van der Waals surface area contributed by atoms with E-state index in [1.54, 1.807) is 17.4 Å². The fourth-order valence-corrected chi connectivity index (χ4v) is 3.50. The van der Waals surface area contributed by atoms with Crippen LogP contribution >= 0.6 is 46.1 Å². The van der Waals surface area contributed by atoms with Gasteiger partial charge in [-0.05, 0) is 42.7 Å². The van der Waals surface area contributed by atoms with E-state index in [2.05, 4.69) is 5.43 Å². The van der Waals surface area contributed by atoms with Gasteiger partial charge in [-0.15, -0.1) is 11.3 Å². The zero-order chi connectivity index (χ0) is 13.8. The molecule has 0 fully saturated rings. The van der Waals surface area contributed by atoms with Crippen molar-refractivity contribution in [2.75, 3.05) is 0 Å². The van der Waals surface area contributed by atoms with Crippen molar-refractivity contribution in [2.24, 2.45) is 5.84 Å². The predicted octanol–water partition coefficient (Wildman–Crippen LogP) is 4.33. The highest BCUT2D eigenvalue weighted by Crippen LogP contribution is 2.25. The van der Waals surface area contributed by atoms with Crippen LogP contribution in [0.25, 0.3) is 0 Å². The number of hydrogen-bond donors (Lipinski definition) is 2. The molecular weight excluding hydrogens is 323 g/mol. The molecule has 3 N–H and O–H groups in total. The van der Waals surface area contributed by atoms with Gasteiger partial charge in [0.2, 0.25) is 0 Å². The molecule has 2 aromatic rings. The van der Waals surface area contributed by atoms with Crippen molar-refractivity contribution in [3.8, 4) is 0 Å². The number of nitrogens with two attached hydrogens (primary N) is 1. The van der Waals surface area contributed by atoms with Crippen LogP contribution in [0, 0.1) is 0 Å². The average molecular weight is 336 g/mol. The first kappa shape index (κ1) is 15.1. The Morgan fingerprint density at radius 3 is 2.47 bits per heavy atom. The van der Waals surface area contributed by atoms with Crippen LogP contribution < -0.4 is 11.3 Å². The van der Waals surface area contributed by atoms with Gasteiger partial charge in [-0.2, -0.15) is 0 Å². The van der Waals surface area contributed by atoms with E-state index in [4.69, 9.17) is 40.6 Å². The van der Waals surface area contributed by atoms with E-state index < -0.39 is 0 Å². The van der Waals surface area contributed by atoms with E-state index >= 15 is 0 Å². The summed E-state index contributed by atoms with van der Waals surface area (Å²) in [5, 5.41) is 1.30.